The molecular formula is C16H18FN5O. The third-order valence-corrected chi connectivity index (χ3v) is 3.78. The van der Waals surface area contributed by atoms with Crippen LogP contribution in [-0.4, -0.2) is 30.1 Å². The number of aryl methyl sites for hydroxylation is 1. The molecule has 0 saturated heterocycles. The lowest BCUT2D eigenvalue weighted by atomic mass is 10.1. The first-order chi connectivity index (χ1) is 11.0. The Hall–Kier alpha value is -2.70. The molecule has 0 spiro atoms. The van der Waals surface area contributed by atoms with Gasteiger partial charge in [-0.05, 0) is 36.1 Å². The van der Waals surface area contributed by atoms with Gasteiger partial charge >= 0.3 is 6.03 Å². The fourth-order valence-electron chi connectivity index (χ4n) is 2.68. The van der Waals surface area contributed by atoms with Crippen molar-refractivity contribution >= 4 is 17.7 Å². The summed E-state index contributed by atoms with van der Waals surface area (Å²) >= 11 is 0. The van der Waals surface area contributed by atoms with E-state index >= 15 is 0 Å². The molecule has 1 aliphatic carbocycles. The zero-order valence-electron chi connectivity index (χ0n) is 13.0. The highest BCUT2D eigenvalue weighted by Gasteiger charge is 2.24. The monoisotopic (exact) mass is 315 g/mol. The molecule has 1 aliphatic rings. The molecule has 1 aromatic carbocycles. The Labute approximate surface area is 133 Å². The molecule has 7 heteroatoms. The molecule has 1 heterocycles. The highest BCUT2D eigenvalue weighted by Crippen LogP contribution is 2.31. The quantitative estimate of drug-likeness (QED) is 0.913. The van der Waals surface area contributed by atoms with Crippen LogP contribution in [0.5, 0.6) is 0 Å². The number of hydrogen-bond acceptors (Lipinski definition) is 4. The van der Waals surface area contributed by atoms with Crippen LogP contribution in [0.3, 0.4) is 0 Å². The molecule has 0 aliphatic heterocycles. The number of halogens is 1. The molecule has 2 amide bonds. The standard InChI is InChI=1S/C16H18FN5O/c1-22(2)15-18-8-12(9-19-15)20-16(23)21-14-6-3-10-7-11(17)4-5-13(10)14/h4-5,7-9,14H,3,6H2,1-2H3,(H2,20,21,23)/t14-/m1/s1. The Morgan fingerprint density at radius 2 is 2.04 bits per heavy atom. The topological polar surface area (TPSA) is 70.2 Å². The molecule has 2 N–H and O–H groups in total. The van der Waals surface area contributed by atoms with Crippen molar-refractivity contribution in [1.82, 2.24) is 15.3 Å². The first-order valence-electron chi connectivity index (χ1n) is 7.38. The maximum absolute atomic E-state index is 13.2. The summed E-state index contributed by atoms with van der Waals surface area (Å²) in [5.74, 6) is 0.328. The van der Waals surface area contributed by atoms with Crippen LogP contribution in [0.15, 0.2) is 30.6 Å². The molecule has 0 radical (unpaired) electrons. The van der Waals surface area contributed by atoms with Crippen LogP contribution in [0.25, 0.3) is 0 Å². The van der Waals surface area contributed by atoms with Gasteiger partial charge in [-0.1, -0.05) is 6.07 Å². The lowest BCUT2D eigenvalue weighted by Gasteiger charge is -2.15. The molecule has 6 nitrogen and oxygen atoms in total. The molecule has 2 aromatic rings. The molecule has 120 valence electrons. The largest absolute Gasteiger partial charge is 0.347 e. The average Bonchev–Trinajstić information content (AvgIpc) is 2.89. The van der Waals surface area contributed by atoms with E-state index in [0.29, 0.717) is 11.6 Å². The molecule has 0 bridgehead atoms. The number of urea groups is 1. The van der Waals surface area contributed by atoms with Crippen LogP contribution in [0.2, 0.25) is 0 Å². The molecule has 3 rings (SSSR count). The van der Waals surface area contributed by atoms with E-state index in [-0.39, 0.29) is 17.9 Å². The number of carbonyl (C=O) groups excluding carboxylic acids is 1. The van der Waals surface area contributed by atoms with Gasteiger partial charge in [0, 0.05) is 14.1 Å². The van der Waals surface area contributed by atoms with E-state index in [1.54, 1.807) is 23.4 Å². The molecular weight excluding hydrogens is 297 g/mol. The number of aromatic nitrogens is 2. The molecule has 0 unspecified atom stereocenters. The minimum absolute atomic E-state index is 0.104. The smallest absolute Gasteiger partial charge is 0.319 e. The summed E-state index contributed by atoms with van der Waals surface area (Å²) in [6.07, 6.45) is 4.64. The number of benzene rings is 1. The summed E-state index contributed by atoms with van der Waals surface area (Å²) < 4.78 is 13.2. The minimum Gasteiger partial charge on any atom is -0.347 e. The van der Waals surface area contributed by atoms with E-state index in [0.717, 1.165) is 24.0 Å². The van der Waals surface area contributed by atoms with Crippen molar-refractivity contribution in [2.75, 3.05) is 24.3 Å². The Morgan fingerprint density at radius 1 is 1.30 bits per heavy atom. The molecule has 1 atom stereocenters. The third-order valence-electron chi connectivity index (χ3n) is 3.78. The van der Waals surface area contributed by atoms with Crippen LogP contribution >= 0.6 is 0 Å². The fraction of sp³-hybridized carbons (Fsp3) is 0.312. The van der Waals surface area contributed by atoms with Gasteiger partial charge in [0.05, 0.1) is 24.1 Å². The first-order valence-corrected chi connectivity index (χ1v) is 7.38. The highest BCUT2D eigenvalue weighted by molar-refractivity contribution is 5.89. The lowest BCUT2D eigenvalue weighted by Crippen LogP contribution is -2.31. The lowest BCUT2D eigenvalue weighted by molar-refractivity contribution is 0.248. The van der Waals surface area contributed by atoms with Crippen molar-refractivity contribution in [3.63, 3.8) is 0 Å². The molecule has 1 aromatic heterocycles. The van der Waals surface area contributed by atoms with Gasteiger partial charge in [-0.3, -0.25) is 0 Å². The van der Waals surface area contributed by atoms with E-state index in [1.807, 2.05) is 14.1 Å². The second kappa shape index (κ2) is 6.20. The number of fused-ring (bicyclic) bond motifs is 1. The van der Waals surface area contributed by atoms with Crippen LogP contribution in [0.4, 0.5) is 20.8 Å². The van der Waals surface area contributed by atoms with Gasteiger partial charge < -0.3 is 15.5 Å². The van der Waals surface area contributed by atoms with Crippen LogP contribution in [-0.2, 0) is 6.42 Å². The number of nitrogens with one attached hydrogen (secondary N) is 2. The number of anilines is 2. The van der Waals surface area contributed by atoms with Crippen molar-refractivity contribution in [3.05, 3.63) is 47.5 Å². The van der Waals surface area contributed by atoms with Crippen LogP contribution in [0.1, 0.15) is 23.6 Å². The second-order valence-corrected chi connectivity index (χ2v) is 5.70. The number of nitrogens with zero attached hydrogens (tertiary/aromatic N) is 3. The van der Waals surface area contributed by atoms with Crippen molar-refractivity contribution in [2.24, 2.45) is 0 Å². The molecule has 0 fully saturated rings. The summed E-state index contributed by atoms with van der Waals surface area (Å²) in [6, 6.07) is 4.26. The average molecular weight is 315 g/mol. The number of carbonyl (C=O) groups is 1. The first kappa shape index (κ1) is 15.2. The van der Waals surface area contributed by atoms with Gasteiger partial charge in [0.15, 0.2) is 0 Å². The van der Waals surface area contributed by atoms with Crippen LogP contribution < -0.4 is 15.5 Å². The predicted octanol–water partition coefficient (Wildman–Crippen LogP) is 2.49. The van der Waals surface area contributed by atoms with Gasteiger partial charge in [-0.25, -0.2) is 19.2 Å². The Morgan fingerprint density at radius 3 is 2.74 bits per heavy atom. The van der Waals surface area contributed by atoms with Crippen LogP contribution in [0, 0.1) is 5.82 Å². The summed E-state index contributed by atoms with van der Waals surface area (Å²) in [7, 11) is 3.69. The van der Waals surface area contributed by atoms with Gasteiger partial charge in [0.2, 0.25) is 5.95 Å². The third kappa shape index (κ3) is 3.39. The van der Waals surface area contributed by atoms with Crippen molar-refractivity contribution in [3.8, 4) is 0 Å². The van der Waals surface area contributed by atoms with Gasteiger partial charge in [-0.15, -0.1) is 0 Å². The molecule has 23 heavy (non-hydrogen) atoms. The minimum atomic E-state index is -0.326. The summed E-state index contributed by atoms with van der Waals surface area (Å²) in [5.41, 5.74) is 2.44. The van der Waals surface area contributed by atoms with Gasteiger partial charge in [0.1, 0.15) is 5.82 Å². The second-order valence-electron chi connectivity index (χ2n) is 5.70. The zero-order valence-corrected chi connectivity index (χ0v) is 13.0. The Bertz CT molecular complexity index is 717. The van der Waals surface area contributed by atoms with E-state index < -0.39 is 0 Å². The predicted molar refractivity (Wildman–Crippen MR) is 86.0 cm³/mol. The van der Waals surface area contributed by atoms with E-state index in [4.69, 9.17) is 0 Å². The van der Waals surface area contributed by atoms with Crippen molar-refractivity contribution in [1.29, 1.82) is 0 Å². The van der Waals surface area contributed by atoms with E-state index in [2.05, 4.69) is 20.6 Å². The fourth-order valence-corrected chi connectivity index (χ4v) is 2.68. The highest BCUT2D eigenvalue weighted by atomic mass is 19.1. The zero-order chi connectivity index (χ0) is 16.4. The number of hydrogen-bond donors (Lipinski definition) is 2. The van der Waals surface area contributed by atoms with E-state index in [1.165, 1.54) is 12.1 Å². The molecule has 0 saturated carbocycles. The summed E-state index contributed by atoms with van der Waals surface area (Å²) in [6.45, 7) is 0. The van der Waals surface area contributed by atoms with Gasteiger partial charge in [0.25, 0.3) is 0 Å². The SMILES string of the molecule is CN(C)c1ncc(NC(=O)N[C@@H]2CCc3cc(F)ccc32)cn1. The maximum atomic E-state index is 13.2. The van der Waals surface area contributed by atoms with Crippen molar-refractivity contribution < 1.29 is 9.18 Å². The number of rotatable bonds is 3. The van der Waals surface area contributed by atoms with Crippen molar-refractivity contribution in [2.45, 2.75) is 18.9 Å². The van der Waals surface area contributed by atoms with E-state index in [9.17, 15) is 9.18 Å². The normalized spacial score (nSPS) is 15.9. The Balaban J connectivity index is 1.62. The Kier molecular flexibility index (Phi) is 4.10. The summed E-state index contributed by atoms with van der Waals surface area (Å²) in [5, 5.41) is 5.61. The van der Waals surface area contributed by atoms with Gasteiger partial charge in [-0.2, -0.15) is 0 Å². The number of amides is 2. The summed E-state index contributed by atoms with van der Waals surface area (Å²) in [4.78, 5) is 22.2. The maximum Gasteiger partial charge on any atom is 0.319 e.